The Morgan fingerprint density at radius 3 is 2.50 bits per heavy atom. The van der Waals surface area contributed by atoms with Gasteiger partial charge in [-0.05, 0) is 0 Å². The van der Waals surface area contributed by atoms with Crippen molar-refractivity contribution in [1.29, 1.82) is 0 Å². The molecule has 0 spiro atoms. The fourth-order valence-corrected chi connectivity index (χ4v) is 2.61. The molecule has 0 aliphatic heterocycles. The number of hydrogen-bond acceptors (Lipinski definition) is 2. The summed E-state index contributed by atoms with van der Waals surface area (Å²) in [5, 5.41) is 0. The second-order valence-electron chi connectivity index (χ2n) is 2.85. The second-order valence-corrected chi connectivity index (χ2v) is 6.63. The van der Waals surface area contributed by atoms with E-state index < -0.39 is 14.2 Å². The van der Waals surface area contributed by atoms with Gasteiger partial charge in [0.2, 0.25) is 0 Å². The first-order valence-corrected chi connectivity index (χ1v) is 7.54. The Bertz CT molecular complexity index is 582. The maximum atomic E-state index is 11.0. The van der Waals surface area contributed by atoms with Gasteiger partial charge in [0.05, 0.1) is 0 Å². The van der Waals surface area contributed by atoms with Crippen LogP contribution in [0.25, 0.3) is 11.0 Å². The van der Waals surface area contributed by atoms with Crippen LogP contribution in [0.3, 0.4) is 0 Å². The molecule has 14 heavy (non-hydrogen) atoms. The summed E-state index contributed by atoms with van der Waals surface area (Å²) >= 11 is 0.0600. The van der Waals surface area contributed by atoms with Gasteiger partial charge in [0.15, 0.2) is 0 Å². The van der Waals surface area contributed by atoms with E-state index in [0.717, 1.165) is 5.52 Å². The first-order valence-electron chi connectivity index (χ1n) is 3.75. The summed E-state index contributed by atoms with van der Waals surface area (Å²) in [5.74, 6) is 0. The standard InChI is InChI=1S/C7H7AsN2O3S/c11-8(12,13)4-1-2-5-6(3-4)10-7(14)9-5/h1-3H,(H2,9,10,14)(H2,11,12,13). The number of aromatic nitrogens is 2. The Morgan fingerprint density at radius 1 is 1.21 bits per heavy atom. The van der Waals surface area contributed by atoms with Crippen LogP contribution in [0.2, 0.25) is 0 Å². The van der Waals surface area contributed by atoms with Crippen LogP contribution >= 0.6 is 12.2 Å². The van der Waals surface area contributed by atoms with Gasteiger partial charge in [-0.3, -0.25) is 0 Å². The molecule has 7 heteroatoms. The molecule has 5 nitrogen and oxygen atoms in total. The van der Waals surface area contributed by atoms with Crippen LogP contribution in [0.1, 0.15) is 0 Å². The van der Waals surface area contributed by atoms with Crippen LogP contribution in [-0.4, -0.2) is 32.3 Å². The summed E-state index contributed by atoms with van der Waals surface area (Å²) < 4.78 is 29.4. The van der Waals surface area contributed by atoms with Crippen molar-refractivity contribution in [3.63, 3.8) is 0 Å². The fourth-order valence-electron chi connectivity index (χ4n) is 1.20. The van der Waals surface area contributed by atoms with E-state index in [9.17, 15) is 3.74 Å². The SMILES string of the molecule is O=[As](O)(O)c1ccc2[nH]c(=S)[nH]c2c1. The zero-order valence-corrected chi connectivity index (χ0v) is 9.58. The van der Waals surface area contributed by atoms with E-state index in [1.807, 2.05) is 0 Å². The predicted molar refractivity (Wildman–Crippen MR) is 54.0 cm³/mol. The quantitative estimate of drug-likeness (QED) is 0.428. The molecule has 4 N–H and O–H groups in total. The summed E-state index contributed by atoms with van der Waals surface area (Å²) in [6.07, 6.45) is 0. The number of imidazole rings is 1. The van der Waals surface area contributed by atoms with E-state index in [4.69, 9.17) is 20.4 Å². The molecule has 0 radical (unpaired) electrons. The summed E-state index contributed by atoms with van der Waals surface area (Å²) in [7, 11) is 0. The number of hydrogen-bond donors (Lipinski definition) is 4. The Hall–Kier alpha value is -0.812. The molecule has 0 unspecified atom stereocenters. The van der Waals surface area contributed by atoms with Crippen molar-refractivity contribution >= 4 is 41.8 Å². The average Bonchev–Trinajstić information content (AvgIpc) is 2.41. The van der Waals surface area contributed by atoms with Crippen molar-refractivity contribution in [1.82, 2.24) is 9.97 Å². The Morgan fingerprint density at radius 2 is 1.86 bits per heavy atom. The van der Waals surface area contributed by atoms with Gasteiger partial charge in [0, 0.05) is 0 Å². The van der Waals surface area contributed by atoms with Gasteiger partial charge >= 0.3 is 86.6 Å². The topological polar surface area (TPSA) is 89.1 Å². The Balaban J connectivity index is 2.74. The number of aromatic amines is 2. The van der Waals surface area contributed by atoms with Crippen LogP contribution in [0.5, 0.6) is 0 Å². The van der Waals surface area contributed by atoms with Crippen molar-refractivity contribution in [2.45, 2.75) is 0 Å². The van der Waals surface area contributed by atoms with E-state index >= 15 is 0 Å². The van der Waals surface area contributed by atoms with Crippen molar-refractivity contribution in [3.8, 4) is 0 Å². The van der Waals surface area contributed by atoms with Gasteiger partial charge in [-0.25, -0.2) is 0 Å². The average molecular weight is 274 g/mol. The Labute approximate surface area is 86.8 Å². The Kier molecular flexibility index (Phi) is 2.15. The molecule has 0 bridgehead atoms. The summed E-state index contributed by atoms with van der Waals surface area (Å²) in [5.41, 5.74) is 1.35. The molecular weight excluding hydrogens is 267 g/mol. The fraction of sp³-hybridized carbons (Fsp3) is 0. The normalized spacial score (nSPS) is 12.1. The third-order valence-corrected chi connectivity index (χ3v) is 4.04. The molecule has 0 amide bonds. The predicted octanol–water partition coefficient (Wildman–Crippen LogP) is -0.214. The number of benzene rings is 1. The molecule has 0 aliphatic carbocycles. The van der Waals surface area contributed by atoms with E-state index in [2.05, 4.69) is 9.97 Å². The third kappa shape index (κ3) is 1.69. The first kappa shape index (κ1) is 9.73. The molecule has 0 aliphatic rings. The second kappa shape index (κ2) is 3.10. The maximum absolute atomic E-state index is 11.0. The van der Waals surface area contributed by atoms with E-state index in [1.54, 1.807) is 6.07 Å². The van der Waals surface area contributed by atoms with Crippen molar-refractivity contribution in [3.05, 3.63) is 23.0 Å². The summed E-state index contributed by atoms with van der Waals surface area (Å²) in [6, 6.07) is 4.42. The molecule has 0 saturated carbocycles. The molecule has 1 heterocycles. The summed E-state index contributed by atoms with van der Waals surface area (Å²) in [4.78, 5) is 5.65. The molecule has 1 aromatic carbocycles. The van der Waals surface area contributed by atoms with Gasteiger partial charge in [-0.1, -0.05) is 0 Å². The zero-order valence-electron chi connectivity index (χ0n) is 6.89. The van der Waals surface area contributed by atoms with Gasteiger partial charge in [0.1, 0.15) is 0 Å². The minimum absolute atomic E-state index is 0.0425. The van der Waals surface area contributed by atoms with Crippen LogP contribution in [0.4, 0.5) is 0 Å². The van der Waals surface area contributed by atoms with Crippen LogP contribution < -0.4 is 4.35 Å². The number of nitrogens with one attached hydrogen (secondary N) is 2. The molecule has 2 rings (SSSR count). The molecule has 0 saturated heterocycles. The van der Waals surface area contributed by atoms with Gasteiger partial charge in [-0.2, -0.15) is 0 Å². The number of H-pyrrole nitrogens is 2. The van der Waals surface area contributed by atoms with E-state index in [0.29, 0.717) is 10.3 Å². The first-order chi connectivity index (χ1) is 6.47. The number of rotatable bonds is 1. The van der Waals surface area contributed by atoms with Crippen LogP contribution in [0.15, 0.2) is 18.2 Å². The molecule has 0 atom stereocenters. The minimum atomic E-state index is -4.79. The van der Waals surface area contributed by atoms with Crippen molar-refractivity contribution in [2.75, 3.05) is 0 Å². The van der Waals surface area contributed by atoms with E-state index in [-0.39, 0.29) is 4.35 Å². The molecule has 2 aromatic rings. The molecule has 0 fully saturated rings. The molecular formula is C7H7AsN2O3S. The van der Waals surface area contributed by atoms with Gasteiger partial charge in [0.25, 0.3) is 0 Å². The summed E-state index contributed by atoms with van der Waals surface area (Å²) in [6.45, 7) is 0. The van der Waals surface area contributed by atoms with Crippen molar-refractivity contribution < 1.29 is 11.9 Å². The van der Waals surface area contributed by atoms with Gasteiger partial charge < -0.3 is 0 Å². The zero-order chi connectivity index (χ0) is 10.3. The van der Waals surface area contributed by atoms with Gasteiger partial charge in [-0.15, -0.1) is 0 Å². The van der Waals surface area contributed by atoms with Crippen molar-refractivity contribution in [2.24, 2.45) is 0 Å². The monoisotopic (exact) mass is 274 g/mol. The molecule has 1 aromatic heterocycles. The molecule has 74 valence electrons. The van der Waals surface area contributed by atoms with E-state index in [1.165, 1.54) is 12.1 Å². The third-order valence-electron chi connectivity index (χ3n) is 1.84. The van der Waals surface area contributed by atoms with Crippen LogP contribution in [0, 0.1) is 4.77 Å². The van der Waals surface area contributed by atoms with Crippen LogP contribution in [-0.2, 0) is 3.74 Å². The number of fused-ring (bicyclic) bond motifs is 1.